The van der Waals surface area contributed by atoms with Gasteiger partial charge in [0.2, 0.25) is 5.91 Å². The minimum absolute atomic E-state index is 0.0698. The Morgan fingerprint density at radius 2 is 2.00 bits per heavy atom. The van der Waals surface area contributed by atoms with Crippen LogP contribution in [-0.4, -0.2) is 28.2 Å². The zero-order valence-electron chi connectivity index (χ0n) is 14.9. The van der Waals surface area contributed by atoms with Crippen LogP contribution in [0.2, 0.25) is 0 Å². The molecule has 0 bridgehead atoms. The van der Waals surface area contributed by atoms with Crippen LogP contribution in [-0.2, 0) is 26.8 Å². The molecule has 4 N–H and O–H groups in total. The second-order valence-electron chi connectivity index (χ2n) is 6.97. The Balaban J connectivity index is 1.88. The fraction of sp³-hybridized carbons (Fsp3) is 0.250. The molecule has 1 aliphatic heterocycles. The highest BCUT2D eigenvalue weighted by Gasteiger charge is 2.47. The molecule has 2 aromatic rings. The van der Waals surface area contributed by atoms with Gasteiger partial charge in [-0.2, -0.15) is 5.10 Å². The number of ether oxygens (including phenoxy) is 1. The maximum Gasteiger partial charge on any atom is 0.252 e. The van der Waals surface area contributed by atoms with Crippen molar-refractivity contribution in [1.29, 1.82) is 0 Å². The van der Waals surface area contributed by atoms with E-state index in [0.717, 1.165) is 11.1 Å². The monoisotopic (exact) mass is 364 g/mol. The van der Waals surface area contributed by atoms with E-state index in [4.69, 9.17) is 16.2 Å². The first-order valence-electron chi connectivity index (χ1n) is 8.65. The average Bonchev–Trinajstić information content (AvgIpc) is 3.27. The van der Waals surface area contributed by atoms with E-state index < -0.39 is 17.2 Å². The van der Waals surface area contributed by atoms with E-state index >= 15 is 0 Å². The van der Waals surface area contributed by atoms with Gasteiger partial charge in [-0.05, 0) is 23.6 Å². The van der Waals surface area contributed by atoms with Crippen LogP contribution >= 0.6 is 0 Å². The SMILES string of the molecule is Cn1cc(C2(C(N)=O)C=C(C(N)=O)C3=C(C2)C(c2ccccc2)CO3)cn1. The average molecular weight is 364 g/mol. The number of carbonyl (C=O) groups is 2. The predicted octanol–water partition coefficient (Wildman–Crippen LogP) is 1.03. The number of hydrogen-bond donors (Lipinski definition) is 2. The number of amides is 2. The molecule has 0 saturated heterocycles. The van der Waals surface area contributed by atoms with Gasteiger partial charge in [0, 0.05) is 24.7 Å². The van der Waals surface area contributed by atoms with Gasteiger partial charge in [0.15, 0.2) is 0 Å². The van der Waals surface area contributed by atoms with Crippen molar-refractivity contribution < 1.29 is 14.3 Å². The van der Waals surface area contributed by atoms with E-state index in [2.05, 4.69) is 5.10 Å². The maximum absolute atomic E-state index is 12.6. The summed E-state index contributed by atoms with van der Waals surface area (Å²) in [5.74, 6) is -0.804. The number of aromatic nitrogens is 2. The van der Waals surface area contributed by atoms with Crippen molar-refractivity contribution in [1.82, 2.24) is 9.78 Å². The molecule has 7 heteroatoms. The summed E-state index contributed by atoms with van der Waals surface area (Å²) in [6, 6.07) is 9.84. The third-order valence-corrected chi connectivity index (χ3v) is 5.34. The summed E-state index contributed by atoms with van der Waals surface area (Å²) in [6.45, 7) is 0.390. The van der Waals surface area contributed by atoms with Gasteiger partial charge in [-0.25, -0.2) is 0 Å². The molecular formula is C20H20N4O3. The summed E-state index contributed by atoms with van der Waals surface area (Å²) in [4.78, 5) is 24.8. The molecule has 0 fully saturated rings. The highest BCUT2D eigenvalue weighted by molar-refractivity contribution is 6.00. The smallest absolute Gasteiger partial charge is 0.252 e. The lowest BCUT2D eigenvalue weighted by atomic mass is 9.68. The Kier molecular flexibility index (Phi) is 3.87. The lowest BCUT2D eigenvalue weighted by Gasteiger charge is -2.32. The van der Waals surface area contributed by atoms with Crippen molar-refractivity contribution in [2.75, 3.05) is 6.61 Å². The molecule has 27 heavy (non-hydrogen) atoms. The minimum atomic E-state index is -1.20. The summed E-state index contributed by atoms with van der Waals surface area (Å²) in [5.41, 5.74) is 13.0. The van der Waals surface area contributed by atoms with Crippen LogP contribution in [0.5, 0.6) is 0 Å². The number of nitrogens with two attached hydrogens (primary N) is 2. The molecule has 0 radical (unpaired) electrons. The number of carbonyl (C=O) groups excluding carboxylic acids is 2. The van der Waals surface area contributed by atoms with Gasteiger partial charge in [-0.3, -0.25) is 14.3 Å². The van der Waals surface area contributed by atoms with E-state index in [1.165, 1.54) is 0 Å². The van der Waals surface area contributed by atoms with Crippen LogP contribution in [0.1, 0.15) is 23.5 Å². The van der Waals surface area contributed by atoms with Gasteiger partial charge >= 0.3 is 0 Å². The molecule has 2 unspecified atom stereocenters. The first-order valence-corrected chi connectivity index (χ1v) is 8.65. The van der Waals surface area contributed by atoms with Crippen LogP contribution in [0.15, 0.2) is 65.7 Å². The minimum Gasteiger partial charge on any atom is -0.492 e. The fourth-order valence-electron chi connectivity index (χ4n) is 3.94. The highest BCUT2D eigenvalue weighted by atomic mass is 16.5. The van der Waals surface area contributed by atoms with Crippen LogP contribution < -0.4 is 11.5 Å². The molecule has 138 valence electrons. The summed E-state index contributed by atoms with van der Waals surface area (Å²) in [7, 11) is 1.76. The molecule has 0 saturated carbocycles. The Morgan fingerprint density at radius 1 is 1.26 bits per heavy atom. The van der Waals surface area contributed by atoms with Gasteiger partial charge in [0.25, 0.3) is 5.91 Å². The van der Waals surface area contributed by atoms with E-state index in [9.17, 15) is 9.59 Å². The Bertz CT molecular complexity index is 990. The number of rotatable bonds is 4. The molecule has 4 rings (SSSR count). The normalized spacial score (nSPS) is 24.2. The zero-order chi connectivity index (χ0) is 19.2. The molecule has 1 aromatic carbocycles. The summed E-state index contributed by atoms with van der Waals surface area (Å²) in [6.07, 6.45) is 5.19. The topological polar surface area (TPSA) is 113 Å². The second kappa shape index (κ2) is 6.12. The van der Waals surface area contributed by atoms with Crippen LogP contribution in [0.25, 0.3) is 0 Å². The molecule has 2 amide bonds. The maximum atomic E-state index is 12.6. The van der Waals surface area contributed by atoms with Crippen molar-refractivity contribution in [2.45, 2.75) is 17.8 Å². The van der Waals surface area contributed by atoms with Gasteiger partial charge in [0.1, 0.15) is 5.76 Å². The molecule has 0 spiro atoms. The molecule has 2 aliphatic rings. The van der Waals surface area contributed by atoms with E-state index in [0.29, 0.717) is 24.4 Å². The Labute approximate surface area is 156 Å². The van der Waals surface area contributed by atoms with Crippen LogP contribution in [0, 0.1) is 0 Å². The standard InChI is InChI=1S/C20H20N4O3/c1-24-10-13(9-23-24)20(19(22)26)7-14-16(12-5-3-2-4-6-12)11-27-17(14)15(8-20)18(21)25/h2-6,8-10,16H,7,11H2,1H3,(H2,21,25)(H2,22,26). The molecule has 1 aromatic heterocycles. The highest BCUT2D eigenvalue weighted by Crippen LogP contribution is 2.48. The third-order valence-electron chi connectivity index (χ3n) is 5.34. The molecule has 1 aliphatic carbocycles. The van der Waals surface area contributed by atoms with Gasteiger partial charge in [-0.15, -0.1) is 0 Å². The van der Waals surface area contributed by atoms with E-state index in [1.807, 2.05) is 30.3 Å². The molecule has 7 nitrogen and oxygen atoms in total. The van der Waals surface area contributed by atoms with Crippen LogP contribution in [0.4, 0.5) is 0 Å². The van der Waals surface area contributed by atoms with Crippen LogP contribution in [0.3, 0.4) is 0 Å². The summed E-state index contributed by atoms with van der Waals surface area (Å²) in [5, 5.41) is 4.17. The van der Waals surface area contributed by atoms with Crippen molar-refractivity contribution >= 4 is 11.8 Å². The first-order chi connectivity index (χ1) is 12.9. The quantitative estimate of drug-likeness (QED) is 0.843. The van der Waals surface area contributed by atoms with Gasteiger partial charge in [-0.1, -0.05) is 30.3 Å². The Hall–Kier alpha value is -3.35. The lowest BCUT2D eigenvalue weighted by molar-refractivity contribution is -0.122. The second-order valence-corrected chi connectivity index (χ2v) is 6.97. The van der Waals surface area contributed by atoms with Gasteiger partial charge in [0.05, 0.1) is 23.8 Å². The fourth-order valence-corrected chi connectivity index (χ4v) is 3.94. The van der Waals surface area contributed by atoms with E-state index in [1.54, 1.807) is 30.2 Å². The molecular weight excluding hydrogens is 344 g/mol. The number of aryl methyl sites for hydroxylation is 1. The van der Waals surface area contributed by atoms with E-state index in [-0.39, 0.29) is 11.5 Å². The predicted molar refractivity (Wildman–Crippen MR) is 98.1 cm³/mol. The number of benzene rings is 1. The number of nitrogens with zero attached hydrogens (tertiary/aromatic N) is 2. The molecule has 2 heterocycles. The zero-order valence-corrected chi connectivity index (χ0v) is 14.9. The van der Waals surface area contributed by atoms with Crippen molar-refractivity contribution in [2.24, 2.45) is 18.5 Å². The van der Waals surface area contributed by atoms with Crippen molar-refractivity contribution in [3.05, 3.63) is 76.8 Å². The third kappa shape index (κ3) is 2.63. The summed E-state index contributed by atoms with van der Waals surface area (Å²) < 4.78 is 7.45. The molecule has 2 atom stereocenters. The van der Waals surface area contributed by atoms with Crippen molar-refractivity contribution in [3.63, 3.8) is 0 Å². The lowest BCUT2D eigenvalue weighted by Crippen LogP contribution is -2.43. The number of hydrogen-bond acceptors (Lipinski definition) is 4. The Morgan fingerprint density at radius 3 is 2.59 bits per heavy atom. The number of primary amides is 2. The summed E-state index contributed by atoms with van der Waals surface area (Å²) >= 11 is 0. The first kappa shape index (κ1) is 17.1. The van der Waals surface area contributed by atoms with Gasteiger partial charge < -0.3 is 16.2 Å². The largest absolute Gasteiger partial charge is 0.492 e. The van der Waals surface area contributed by atoms with Crippen molar-refractivity contribution in [3.8, 4) is 0 Å².